The largest absolute Gasteiger partial charge is 0.457 e. The first kappa shape index (κ1) is 19.1. The molecule has 0 saturated carbocycles. The number of hydrogen-bond acceptors (Lipinski definition) is 6. The molecule has 1 aliphatic heterocycles. The SMILES string of the molecule is C=CCN1C(=O)NC(=O)/C(=C\c2ccc(-c3cc([N+](=O)[O-])ccc3Cl)o2)C1=O. The fourth-order valence-electron chi connectivity index (χ4n) is 2.52. The van der Waals surface area contributed by atoms with Gasteiger partial charge in [0, 0.05) is 24.2 Å². The Morgan fingerprint density at radius 2 is 2.00 bits per heavy atom. The molecule has 142 valence electrons. The van der Waals surface area contributed by atoms with E-state index in [1.54, 1.807) is 0 Å². The van der Waals surface area contributed by atoms with Crippen molar-refractivity contribution in [2.45, 2.75) is 0 Å². The van der Waals surface area contributed by atoms with Crippen LogP contribution in [0.3, 0.4) is 0 Å². The van der Waals surface area contributed by atoms with Crippen molar-refractivity contribution in [2.24, 2.45) is 0 Å². The van der Waals surface area contributed by atoms with Crippen LogP contribution in [0.5, 0.6) is 0 Å². The van der Waals surface area contributed by atoms with E-state index in [9.17, 15) is 24.5 Å². The summed E-state index contributed by atoms with van der Waals surface area (Å²) in [5.41, 5.74) is -0.188. The highest BCUT2D eigenvalue weighted by Crippen LogP contribution is 2.33. The van der Waals surface area contributed by atoms with Gasteiger partial charge in [-0.3, -0.25) is 29.9 Å². The Labute approximate surface area is 163 Å². The number of hydrogen-bond donors (Lipinski definition) is 1. The molecule has 0 aliphatic carbocycles. The zero-order chi connectivity index (χ0) is 20.4. The average Bonchev–Trinajstić information content (AvgIpc) is 3.11. The van der Waals surface area contributed by atoms with Crippen LogP contribution in [0.4, 0.5) is 10.5 Å². The molecule has 3 rings (SSSR count). The van der Waals surface area contributed by atoms with Gasteiger partial charge in [-0.25, -0.2) is 4.79 Å². The summed E-state index contributed by atoms with van der Waals surface area (Å²) in [5.74, 6) is -1.31. The minimum absolute atomic E-state index is 0.0675. The number of furan rings is 1. The van der Waals surface area contributed by atoms with Crippen LogP contribution in [0.15, 0.2) is 53.0 Å². The van der Waals surface area contributed by atoms with Crippen molar-refractivity contribution in [3.63, 3.8) is 0 Å². The Morgan fingerprint density at radius 3 is 2.68 bits per heavy atom. The van der Waals surface area contributed by atoms with E-state index in [2.05, 4.69) is 11.9 Å². The maximum absolute atomic E-state index is 12.4. The number of benzene rings is 1. The zero-order valence-electron chi connectivity index (χ0n) is 14.2. The fourth-order valence-corrected chi connectivity index (χ4v) is 2.73. The van der Waals surface area contributed by atoms with Crippen LogP contribution in [-0.2, 0) is 9.59 Å². The molecule has 1 fully saturated rings. The Morgan fingerprint density at radius 1 is 1.25 bits per heavy atom. The predicted molar refractivity (Wildman–Crippen MR) is 99.2 cm³/mol. The first-order chi connectivity index (χ1) is 13.3. The van der Waals surface area contributed by atoms with Crippen molar-refractivity contribution in [1.29, 1.82) is 0 Å². The van der Waals surface area contributed by atoms with Gasteiger partial charge in [-0.05, 0) is 24.3 Å². The Kier molecular flexibility index (Phi) is 5.10. The minimum Gasteiger partial charge on any atom is -0.457 e. The lowest BCUT2D eigenvalue weighted by Crippen LogP contribution is -2.54. The molecule has 0 radical (unpaired) electrons. The molecule has 1 saturated heterocycles. The van der Waals surface area contributed by atoms with Gasteiger partial charge in [-0.1, -0.05) is 17.7 Å². The summed E-state index contributed by atoms with van der Waals surface area (Å²) in [6, 6.07) is 6.00. The predicted octanol–water partition coefficient (Wildman–Crippen LogP) is 3.16. The van der Waals surface area contributed by atoms with Crippen molar-refractivity contribution in [2.75, 3.05) is 6.54 Å². The van der Waals surface area contributed by atoms with Crippen LogP contribution in [0, 0.1) is 10.1 Å². The second-order valence-electron chi connectivity index (χ2n) is 5.64. The smallest absolute Gasteiger partial charge is 0.331 e. The van der Waals surface area contributed by atoms with Gasteiger partial charge in [-0.2, -0.15) is 0 Å². The lowest BCUT2D eigenvalue weighted by Gasteiger charge is -2.24. The fraction of sp³-hybridized carbons (Fsp3) is 0.0556. The van der Waals surface area contributed by atoms with E-state index >= 15 is 0 Å². The third-order valence-electron chi connectivity index (χ3n) is 3.84. The molecule has 1 N–H and O–H groups in total. The number of rotatable bonds is 5. The van der Waals surface area contributed by atoms with E-state index < -0.39 is 22.8 Å². The third-order valence-corrected chi connectivity index (χ3v) is 4.17. The molecule has 9 nitrogen and oxygen atoms in total. The van der Waals surface area contributed by atoms with E-state index in [0.29, 0.717) is 0 Å². The number of nitrogens with zero attached hydrogens (tertiary/aromatic N) is 2. The molecule has 0 spiro atoms. The quantitative estimate of drug-likeness (QED) is 0.270. The summed E-state index contributed by atoms with van der Waals surface area (Å²) in [7, 11) is 0. The van der Waals surface area contributed by atoms with Crippen molar-refractivity contribution in [3.05, 3.63) is 69.5 Å². The van der Waals surface area contributed by atoms with Crippen LogP contribution >= 0.6 is 11.6 Å². The highest BCUT2D eigenvalue weighted by atomic mass is 35.5. The van der Waals surface area contributed by atoms with Crippen LogP contribution in [0.1, 0.15) is 5.76 Å². The monoisotopic (exact) mass is 401 g/mol. The van der Waals surface area contributed by atoms with Crippen LogP contribution < -0.4 is 5.32 Å². The number of nitro groups is 1. The molecule has 1 aromatic heterocycles. The first-order valence-corrected chi connectivity index (χ1v) is 8.23. The van der Waals surface area contributed by atoms with Gasteiger partial charge in [0.2, 0.25) is 0 Å². The number of carbonyl (C=O) groups is 3. The summed E-state index contributed by atoms with van der Waals surface area (Å²) in [6.07, 6.45) is 2.52. The molecule has 0 unspecified atom stereocenters. The van der Waals surface area contributed by atoms with E-state index in [1.807, 2.05) is 0 Å². The number of halogens is 1. The molecule has 10 heteroatoms. The third kappa shape index (κ3) is 3.55. The van der Waals surface area contributed by atoms with Gasteiger partial charge in [0.25, 0.3) is 17.5 Å². The summed E-state index contributed by atoms with van der Waals surface area (Å²) >= 11 is 6.08. The molecule has 4 amide bonds. The van der Waals surface area contributed by atoms with Gasteiger partial charge in [0.15, 0.2) is 0 Å². The number of nitrogens with one attached hydrogen (secondary N) is 1. The maximum atomic E-state index is 12.4. The van der Waals surface area contributed by atoms with Crippen molar-refractivity contribution in [1.82, 2.24) is 10.2 Å². The number of non-ortho nitro benzene ring substituents is 1. The number of urea groups is 1. The van der Waals surface area contributed by atoms with Gasteiger partial charge < -0.3 is 4.42 Å². The normalized spacial score (nSPS) is 15.7. The first-order valence-electron chi connectivity index (χ1n) is 7.85. The molecular weight excluding hydrogens is 390 g/mol. The second kappa shape index (κ2) is 7.49. The molecule has 0 atom stereocenters. The summed E-state index contributed by atoms with van der Waals surface area (Å²) in [4.78, 5) is 47.3. The lowest BCUT2D eigenvalue weighted by molar-refractivity contribution is -0.384. The standard InChI is InChI=1S/C18H12ClN3O6/c1-2-7-21-17(24)13(16(23)20-18(21)25)9-11-4-6-15(28-11)12-8-10(22(26)27)3-5-14(12)19/h2-6,8-9H,1,7H2,(H,20,23,25)/b13-9+. The molecule has 1 aromatic carbocycles. The van der Waals surface area contributed by atoms with Gasteiger partial charge in [-0.15, -0.1) is 6.58 Å². The molecule has 28 heavy (non-hydrogen) atoms. The van der Waals surface area contributed by atoms with Crippen LogP contribution in [0.25, 0.3) is 17.4 Å². The van der Waals surface area contributed by atoms with Crippen molar-refractivity contribution in [3.8, 4) is 11.3 Å². The second-order valence-corrected chi connectivity index (χ2v) is 6.05. The van der Waals surface area contributed by atoms with Crippen molar-refractivity contribution >= 4 is 41.2 Å². The highest BCUT2D eigenvalue weighted by Gasteiger charge is 2.35. The molecular formula is C18H12ClN3O6. The van der Waals surface area contributed by atoms with Crippen LogP contribution in [0.2, 0.25) is 5.02 Å². The Bertz CT molecular complexity index is 1060. The van der Waals surface area contributed by atoms with Gasteiger partial charge in [0.05, 0.1) is 9.95 Å². The summed E-state index contributed by atoms with van der Waals surface area (Å²) in [5, 5.41) is 13.2. The topological polar surface area (TPSA) is 123 Å². The number of carbonyl (C=O) groups excluding carboxylic acids is 3. The Hall–Kier alpha value is -3.72. The van der Waals surface area contributed by atoms with E-state index in [-0.39, 0.29) is 39.9 Å². The number of barbiturate groups is 1. The van der Waals surface area contributed by atoms with Crippen molar-refractivity contribution < 1.29 is 23.7 Å². The lowest BCUT2D eigenvalue weighted by atomic mass is 10.1. The van der Waals surface area contributed by atoms with E-state index in [4.69, 9.17) is 16.0 Å². The maximum Gasteiger partial charge on any atom is 0.331 e. The summed E-state index contributed by atoms with van der Waals surface area (Å²) < 4.78 is 5.57. The molecule has 2 aromatic rings. The molecule has 2 heterocycles. The van der Waals surface area contributed by atoms with E-state index in [1.165, 1.54) is 42.5 Å². The van der Waals surface area contributed by atoms with Gasteiger partial charge >= 0.3 is 6.03 Å². The van der Waals surface area contributed by atoms with Crippen LogP contribution in [-0.4, -0.2) is 34.2 Å². The minimum atomic E-state index is -0.860. The number of imide groups is 2. The molecule has 1 aliphatic rings. The molecule has 0 bridgehead atoms. The summed E-state index contributed by atoms with van der Waals surface area (Å²) in [6.45, 7) is 3.39. The number of nitro benzene ring substituents is 1. The van der Waals surface area contributed by atoms with Gasteiger partial charge in [0.1, 0.15) is 17.1 Å². The average molecular weight is 402 g/mol. The van der Waals surface area contributed by atoms with E-state index in [0.717, 1.165) is 4.90 Å². The Balaban J connectivity index is 1.96. The zero-order valence-corrected chi connectivity index (χ0v) is 14.9. The highest BCUT2D eigenvalue weighted by molar-refractivity contribution is 6.33. The number of amides is 4.